The SMILES string of the molecule is O=C(O[C@H](c1ccc(F)c(F)c1)[C@H]1O[C@@H](n2cc(F)c3cnc(Cl)nc32)[C@H](O)[C@@H]1O)c1ccccc1. The van der Waals surface area contributed by atoms with Crippen LogP contribution in [0.5, 0.6) is 0 Å². The number of esters is 1. The third-order valence-corrected chi connectivity index (χ3v) is 6.04. The molecule has 1 aliphatic rings. The predicted octanol–water partition coefficient (Wildman–Crippen LogP) is 3.72. The molecule has 36 heavy (non-hydrogen) atoms. The average Bonchev–Trinajstić information content (AvgIpc) is 3.35. The first-order valence-electron chi connectivity index (χ1n) is 10.7. The molecule has 8 nitrogen and oxygen atoms in total. The van der Waals surface area contributed by atoms with Crippen LogP contribution in [-0.4, -0.2) is 49.0 Å². The fraction of sp³-hybridized carbons (Fsp3) is 0.208. The standard InChI is InChI=1S/C24H17ClF3N3O5/c25-24-29-9-13-16(28)10-31(21(13)30-24)22-18(33)17(32)20(35-22)19(12-6-7-14(26)15(27)8-12)36-23(34)11-4-2-1-3-5-11/h1-10,17-20,22,32-33H/t17-,18+,19+,20-,22+/m0/s1. The Morgan fingerprint density at radius 3 is 2.53 bits per heavy atom. The van der Waals surface area contributed by atoms with Gasteiger partial charge in [-0.2, -0.15) is 4.98 Å². The molecule has 5 atom stereocenters. The molecular formula is C24H17ClF3N3O5. The van der Waals surface area contributed by atoms with Gasteiger partial charge in [0.25, 0.3) is 0 Å². The maximum absolute atomic E-state index is 14.5. The Kier molecular flexibility index (Phi) is 6.39. The summed E-state index contributed by atoms with van der Waals surface area (Å²) >= 11 is 5.84. The first-order valence-corrected chi connectivity index (χ1v) is 11.0. The van der Waals surface area contributed by atoms with E-state index in [1.165, 1.54) is 12.1 Å². The van der Waals surface area contributed by atoms with Crippen LogP contribution < -0.4 is 0 Å². The first-order chi connectivity index (χ1) is 17.2. The van der Waals surface area contributed by atoms with Crippen molar-refractivity contribution in [3.63, 3.8) is 0 Å². The van der Waals surface area contributed by atoms with Gasteiger partial charge in [-0.15, -0.1) is 0 Å². The van der Waals surface area contributed by atoms with E-state index in [1.807, 2.05) is 0 Å². The summed E-state index contributed by atoms with van der Waals surface area (Å²) in [4.78, 5) is 20.5. The molecule has 186 valence electrons. The summed E-state index contributed by atoms with van der Waals surface area (Å²) < 4.78 is 54.7. The van der Waals surface area contributed by atoms with Crippen molar-refractivity contribution in [1.82, 2.24) is 14.5 Å². The quantitative estimate of drug-likeness (QED) is 0.306. The molecule has 0 unspecified atom stereocenters. The second-order valence-corrected chi connectivity index (χ2v) is 8.44. The number of carbonyl (C=O) groups is 1. The molecule has 5 rings (SSSR count). The van der Waals surface area contributed by atoms with Crippen molar-refractivity contribution in [2.45, 2.75) is 30.6 Å². The Labute approximate surface area is 206 Å². The molecule has 4 aromatic rings. The lowest BCUT2D eigenvalue weighted by Gasteiger charge is -2.26. The summed E-state index contributed by atoms with van der Waals surface area (Å²) in [6, 6.07) is 10.6. The molecule has 0 spiro atoms. The molecule has 12 heteroatoms. The number of hydrogen-bond acceptors (Lipinski definition) is 7. The maximum Gasteiger partial charge on any atom is 0.338 e. The molecule has 3 heterocycles. The Bertz CT molecular complexity index is 1440. The van der Waals surface area contributed by atoms with Gasteiger partial charge in [0.15, 0.2) is 29.8 Å². The first kappa shape index (κ1) is 24.2. The van der Waals surface area contributed by atoms with Gasteiger partial charge in [-0.05, 0) is 41.4 Å². The molecule has 0 bridgehead atoms. The second kappa shape index (κ2) is 9.51. The Hall–Kier alpha value is -3.51. The topological polar surface area (TPSA) is 107 Å². The minimum Gasteiger partial charge on any atom is -0.451 e. The number of rotatable bonds is 5. The largest absolute Gasteiger partial charge is 0.451 e. The van der Waals surface area contributed by atoms with E-state index in [0.29, 0.717) is 0 Å². The third-order valence-electron chi connectivity index (χ3n) is 5.86. The normalized spacial score (nSPS) is 22.6. The number of carbonyl (C=O) groups excluding carboxylic acids is 1. The van der Waals surface area contributed by atoms with E-state index in [9.17, 15) is 28.2 Å². The van der Waals surface area contributed by atoms with E-state index in [2.05, 4.69) is 9.97 Å². The average molecular weight is 520 g/mol. The molecular weight excluding hydrogens is 503 g/mol. The van der Waals surface area contributed by atoms with Gasteiger partial charge < -0.3 is 24.3 Å². The zero-order chi connectivity index (χ0) is 25.6. The number of ether oxygens (including phenoxy) is 2. The van der Waals surface area contributed by atoms with Gasteiger partial charge in [-0.25, -0.2) is 22.9 Å². The Balaban J connectivity index is 1.53. The highest BCUT2D eigenvalue weighted by Gasteiger charge is 2.49. The van der Waals surface area contributed by atoms with Crippen LogP contribution in [0.2, 0.25) is 5.28 Å². The number of aromatic nitrogens is 3. The summed E-state index contributed by atoms with van der Waals surface area (Å²) in [5.74, 6) is -3.93. The number of hydrogen-bond donors (Lipinski definition) is 2. The number of halogens is 4. The number of nitrogens with zero attached hydrogens (tertiary/aromatic N) is 3. The summed E-state index contributed by atoms with van der Waals surface area (Å²) in [6.45, 7) is 0. The molecule has 1 saturated heterocycles. The van der Waals surface area contributed by atoms with Crippen LogP contribution in [-0.2, 0) is 9.47 Å². The van der Waals surface area contributed by atoms with Gasteiger partial charge in [-0.3, -0.25) is 0 Å². The van der Waals surface area contributed by atoms with Gasteiger partial charge in [0.1, 0.15) is 24.0 Å². The van der Waals surface area contributed by atoms with E-state index in [-0.39, 0.29) is 27.4 Å². The highest BCUT2D eigenvalue weighted by Crippen LogP contribution is 2.40. The van der Waals surface area contributed by atoms with E-state index >= 15 is 0 Å². The number of aliphatic hydroxyl groups excluding tert-OH is 2. The van der Waals surface area contributed by atoms with Gasteiger partial charge in [0.2, 0.25) is 5.28 Å². The third kappa shape index (κ3) is 4.30. The van der Waals surface area contributed by atoms with Crippen molar-refractivity contribution in [2.24, 2.45) is 0 Å². The molecule has 1 fully saturated rings. The maximum atomic E-state index is 14.5. The lowest BCUT2D eigenvalue weighted by atomic mass is 9.98. The highest BCUT2D eigenvalue weighted by atomic mass is 35.5. The van der Waals surface area contributed by atoms with Crippen LogP contribution in [0.15, 0.2) is 60.9 Å². The molecule has 0 amide bonds. The molecule has 0 aliphatic carbocycles. The van der Waals surface area contributed by atoms with Gasteiger partial charge in [0.05, 0.1) is 10.9 Å². The number of benzene rings is 2. The van der Waals surface area contributed by atoms with Crippen molar-refractivity contribution in [3.05, 3.63) is 94.8 Å². The zero-order valence-electron chi connectivity index (χ0n) is 18.1. The van der Waals surface area contributed by atoms with Gasteiger partial charge in [0, 0.05) is 12.4 Å². The Morgan fingerprint density at radius 1 is 1.06 bits per heavy atom. The minimum atomic E-state index is -1.69. The zero-order valence-corrected chi connectivity index (χ0v) is 18.9. The van der Waals surface area contributed by atoms with Crippen molar-refractivity contribution in [2.75, 3.05) is 0 Å². The van der Waals surface area contributed by atoms with Crippen LogP contribution in [0, 0.1) is 17.5 Å². The summed E-state index contributed by atoms with van der Waals surface area (Å²) in [5.41, 5.74) is 0.0959. The van der Waals surface area contributed by atoms with Crippen LogP contribution in [0.3, 0.4) is 0 Å². The van der Waals surface area contributed by atoms with Crippen LogP contribution >= 0.6 is 11.6 Å². The van der Waals surface area contributed by atoms with Crippen LogP contribution in [0.25, 0.3) is 11.0 Å². The van der Waals surface area contributed by atoms with Gasteiger partial charge >= 0.3 is 5.97 Å². The van der Waals surface area contributed by atoms with E-state index in [0.717, 1.165) is 35.2 Å². The highest BCUT2D eigenvalue weighted by molar-refractivity contribution is 6.28. The lowest BCUT2D eigenvalue weighted by Crippen LogP contribution is -2.36. The van der Waals surface area contributed by atoms with Crippen LogP contribution in [0.4, 0.5) is 13.2 Å². The Morgan fingerprint density at radius 2 is 1.81 bits per heavy atom. The minimum absolute atomic E-state index is 0.0131. The second-order valence-electron chi connectivity index (χ2n) is 8.10. The molecule has 2 N–H and O–H groups in total. The summed E-state index contributed by atoms with van der Waals surface area (Å²) in [5, 5.41) is 21.5. The fourth-order valence-corrected chi connectivity index (χ4v) is 4.23. The van der Waals surface area contributed by atoms with Crippen molar-refractivity contribution in [3.8, 4) is 0 Å². The molecule has 1 aliphatic heterocycles. The van der Waals surface area contributed by atoms with Crippen molar-refractivity contribution < 1.29 is 37.7 Å². The molecule has 0 radical (unpaired) electrons. The fourth-order valence-electron chi connectivity index (χ4n) is 4.10. The molecule has 2 aromatic carbocycles. The van der Waals surface area contributed by atoms with Gasteiger partial charge in [-0.1, -0.05) is 24.3 Å². The summed E-state index contributed by atoms with van der Waals surface area (Å²) in [7, 11) is 0. The number of fused-ring (bicyclic) bond motifs is 1. The molecule has 0 saturated carbocycles. The predicted molar refractivity (Wildman–Crippen MR) is 119 cm³/mol. The van der Waals surface area contributed by atoms with E-state index in [4.69, 9.17) is 21.1 Å². The van der Waals surface area contributed by atoms with E-state index in [1.54, 1.807) is 18.2 Å². The number of aliphatic hydroxyl groups is 2. The summed E-state index contributed by atoms with van der Waals surface area (Å²) in [6.07, 6.45) is -5.53. The van der Waals surface area contributed by atoms with Crippen molar-refractivity contribution >= 4 is 28.6 Å². The van der Waals surface area contributed by atoms with E-state index < -0.39 is 54.1 Å². The smallest absolute Gasteiger partial charge is 0.338 e. The molecule has 2 aromatic heterocycles. The van der Waals surface area contributed by atoms with Crippen LogP contribution in [0.1, 0.15) is 28.3 Å². The monoisotopic (exact) mass is 519 g/mol. The lowest BCUT2D eigenvalue weighted by molar-refractivity contribution is -0.0917. The van der Waals surface area contributed by atoms with Crippen molar-refractivity contribution in [1.29, 1.82) is 0 Å².